The first-order valence-electron chi connectivity index (χ1n) is 11.6. The number of hydrogen-bond acceptors (Lipinski definition) is 5. The Morgan fingerprint density at radius 2 is 1.46 bits per heavy atom. The molecule has 2 aliphatic heterocycles. The summed E-state index contributed by atoms with van der Waals surface area (Å²) in [5.41, 5.74) is -0.407. The van der Waals surface area contributed by atoms with Gasteiger partial charge in [0.05, 0.1) is 17.5 Å². The normalized spacial score (nSPS) is 25.7. The third-order valence-electron chi connectivity index (χ3n) is 7.09. The molecule has 0 saturated carbocycles. The van der Waals surface area contributed by atoms with Gasteiger partial charge in [-0.3, -0.25) is 19.7 Å². The summed E-state index contributed by atoms with van der Waals surface area (Å²) in [6.45, 7) is 3.53. The average molecular weight is 471 g/mol. The van der Waals surface area contributed by atoms with Gasteiger partial charge in [0, 0.05) is 6.04 Å². The van der Waals surface area contributed by atoms with Crippen LogP contribution in [0.15, 0.2) is 84.9 Å². The average Bonchev–Trinajstić information content (AvgIpc) is 3.35. The maximum absolute atomic E-state index is 13.7. The smallest absolute Gasteiger partial charge is 0.325 e. The molecule has 2 aliphatic rings. The number of benzene rings is 3. The van der Waals surface area contributed by atoms with Gasteiger partial charge in [0.25, 0.3) is 0 Å². The number of carbonyl (C=O) groups excluding carboxylic acids is 2. The van der Waals surface area contributed by atoms with E-state index in [9.17, 15) is 19.5 Å². The van der Waals surface area contributed by atoms with E-state index in [0.29, 0.717) is 17.2 Å². The number of hydrogen-bond donors (Lipinski definition) is 2. The summed E-state index contributed by atoms with van der Waals surface area (Å²) in [6, 6.07) is 24.6. The van der Waals surface area contributed by atoms with Crippen LogP contribution >= 0.6 is 0 Å². The molecule has 3 aromatic carbocycles. The maximum atomic E-state index is 13.7. The summed E-state index contributed by atoms with van der Waals surface area (Å²) in [6.07, 6.45) is 0. The molecule has 0 spiro atoms. The molecule has 4 atom stereocenters. The van der Waals surface area contributed by atoms with Crippen LogP contribution in [-0.4, -0.2) is 28.4 Å². The predicted octanol–water partition coefficient (Wildman–Crippen LogP) is 4.41. The van der Waals surface area contributed by atoms with E-state index in [1.807, 2.05) is 42.5 Å². The van der Waals surface area contributed by atoms with Crippen LogP contribution in [0.4, 0.5) is 5.69 Å². The van der Waals surface area contributed by atoms with Crippen LogP contribution < -0.4 is 15.0 Å². The Bertz CT molecular complexity index is 1260. The fourth-order valence-corrected chi connectivity index (χ4v) is 5.40. The van der Waals surface area contributed by atoms with E-state index in [4.69, 9.17) is 4.74 Å². The number of carboxylic acid groups (broad SMARTS) is 1. The molecule has 5 rings (SSSR count). The first kappa shape index (κ1) is 22.8. The minimum Gasteiger partial charge on any atom is -0.480 e. The summed E-state index contributed by atoms with van der Waals surface area (Å²) in [4.78, 5) is 41.1. The summed E-state index contributed by atoms with van der Waals surface area (Å²) in [5.74, 6) is -3.02. The van der Waals surface area contributed by atoms with Crippen molar-refractivity contribution in [2.75, 3.05) is 4.90 Å². The molecule has 0 aromatic heterocycles. The Labute approximate surface area is 203 Å². The van der Waals surface area contributed by atoms with E-state index in [0.717, 1.165) is 10.5 Å². The van der Waals surface area contributed by atoms with Crippen LogP contribution in [0.25, 0.3) is 0 Å². The zero-order chi connectivity index (χ0) is 24.7. The SMILES string of the molecule is CC(C)C1(C(=O)O)NC(c2ccc(Oc3ccccc3)cc2)C2C(=O)N(c3ccccc3)C(=O)C21. The van der Waals surface area contributed by atoms with Crippen molar-refractivity contribution in [2.24, 2.45) is 17.8 Å². The number of imide groups is 1. The number of nitrogens with one attached hydrogen (secondary N) is 1. The van der Waals surface area contributed by atoms with Gasteiger partial charge < -0.3 is 9.84 Å². The van der Waals surface area contributed by atoms with E-state index in [-0.39, 0.29) is 0 Å². The highest BCUT2D eigenvalue weighted by molar-refractivity contribution is 6.24. The molecule has 2 fully saturated rings. The fourth-order valence-electron chi connectivity index (χ4n) is 5.40. The van der Waals surface area contributed by atoms with Crippen molar-refractivity contribution in [3.63, 3.8) is 0 Å². The van der Waals surface area contributed by atoms with Gasteiger partial charge in [0.2, 0.25) is 11.8 Å². The third kappa shape index (κ3) is 3.59. The van der Waals surface area contributed by atoms with E-state index >= 15 is 0 Å². The van der Waals surface area contributed by atoms with Gasteiger partial charge in [-0.15, -0.1) is 0 Å². The second-order valence-corrected chi connectivity index (χ2v) is 9.29. The van der Waals surface area contributed by atoms with Crippen molar-refractivity contribution in [1.82, 2.24) is 5.32 Å². The number of carboxylic acids is 1. The minimum atomic E-state index is -1.58. The highest BCUT2D eigenvalue weighted by Gasteiger charge is 2.69. The number of ether oxygens (including phenoxy) is 1. The lowest BCUT2D eigenvalue weighted by molar-refractivity contribution is -0.151. The second-order valence-electron chi connectivity index (χ2n) is 9.29. The van der Waals surface area contributed by atoms with Crippen LogP contribution in [-0.2, 0) is 14.4 Å². The van der Waals surface area contributed by atoms with Gasteiger partial charge in [0.15, 0.2) is 0 Å². The fraction of sp³-hybridized carbons (Fsp3) is 0.250. The van der Waals surface area contributed by atoms with Crippen LogP contribution in [0.5, 0.6) is 11.5 Å². The lowest BCUT2D eigenvalue weighted by Gasteiger charge is -2.34. The Balaban J connectivity index is 1.54. The van der Waals surface area contributed by atoms with Gasteiger partial charge in [-0.25, -0.2) is 4.90 Å². The number of fused-ring (bicyclic) bond motifs is 1. The Kier molecular flexibility index (Phi) is 5.65. The van der Waals surface area contributed by atoms with Gasteiger partial charge >= 0.3 is 5.97 Å². The maximum Gasteiger partial charge on any atom is 0.325 e. The van der Waals surface area contributed by atoms with E-state index in [1.54, 1.807) is 56.3 Å². The molecule has 2 N–H and O–H groups in total. The third-order valence-corrected chi connectivity index (χ3v) is 7.09. The van der Waals surface area contributed by atoms with Gasteiger partial charge in [0.1, 0.15) is 17.0 Å². The number of rotatable bonds is 6. The molecule has 35 heavy (non-hydrogen) atoms. The highest BCUT2D eigenvalue weighted by Crippen LogP contribution is 2.52. The van der Waals surface area contributed by atoms with Crippen LogP contribution in [0.2, 0.25) is 0 Å². The molecule has 7 heteroatoms. The van der Waals surface area contributed by atoms with Gasteiger partial charge in [-0.05, 0) is 47.9 Å². The molecular formula is C28H26N2O5. The first-order chi connectivity index (χ1) is 16.8. The standard InChI is InChI=1S/C28H26N2O5/c1-17(2)28(27(33)34)23-22(25(31)30(26(23)32)19-9-5-3-6-10-19)24(29-28)18-13-15-21(16-14-18)35-20-11-7-4-8-12-20/h3-17,22-24,29H,1-2H3,(H,33,34). The predicted molar refractivity (Wildman–Crippen MR) is 130 cm³/mol. The summed E-state index contributed by atoms with van der Waals surface area (Å²) < 4.78 is 5.87. The van der Waals surface area contributed by atoms with E-state index < -0.39 is 47.1 Å². The van der Waals surface area contributed by atoms with Crippen LogP contribution in [0.3, 0.4) is 0 Å². The van der Waals surface area contributed by atoms with E-state index in [2.05, 4.69) is 5.32 Å². The number of amides is 2. The van der Waals surface area contributed by atoms with Crippen molar-refractivity contribution in [1.29, 1.82) is 0 Å². The summed E-state index contributed by atoms with van der Waals surface area (Å²) in [7, 11) is 0. The van der Waals surface area contributed by atoms with E-state index in [1.165, 1.54) is 0 Å². The first-order valence-corrected chi connectivity index (χ1v) is 11.6. The quantitative estimate of drug-likeness (QED) is 0.518. The number of aliphatic carboxylic acids is 1. The highest BCUT2D eigenvalue weighted by atomic mass is 16.5. The molecule has 3 aromatic rings. The Hall–Kier alpha value is -3.97. The van der Waals surface area contributed by atoms with Crippen LogP contribution in [0.1, 0.15) is 25.5 Å². The molecule has 2 heterocycles. The zero-order valence-corrected chi connectivity index (χ0v) is 19.4. The molecule has 2 amide bonds. The second kappa shape index (κ2) is 8.67. The molecule has 2 saturated heterocycles. The van der Waals surface area contributed by atoms with Crippen molar-refractivity contribution in [3.8, 4) is 11.5 Å². The van der Waals surface area contributed by atoms with Crippen molar-refractivity contribution < 1.29 is 24.2 Å². The molecule has 0 aliphatic carbocycles. The monoisotopic (exact) mass is 470 g/mol. The minimum absolute atomic E-state index is 0.392. The lowest BCUT2D eigenvalue weighted by Crippen LogP contribution is -2.59. The van der Waals surface area contributed by atoms with Crippen LogP contribution in [0, 0.1) is 17.8 Å². The van der Waals surface area contributed by atoms with Crippen molar-refractivity contribution in [3.05, 3.63) is 90.5 Å². The number of nitrogens with zero attached hydrogens (tertiary/aromatic N) is 1. The molecular weight excluding hydrogens is 444 g/mol. The summed E-state index contributed by atoms with van der Waals surface area (Å²) in [5, 5.41) is 13.6. The lowest BCUT2D eigenvalue weighted by atomic mass is 9.73. The molecule has 178 valence electrons. The van der Waals surface area contributed by atoms with Crippen molar-refractivity contribution >= 4 is 23.5 Å². The molecule has 7 nitrogen and oxygen atoms in total. The molecule has 0 bridgehead atoms. The number of carbonyl (C=O) groups is 3. The summed E-state index contributed by atoms with van der Waals surface area (Å²) >= 11 is 0. The molecule has 0 radical (unpaired) electrons. The van der Waals surface area contributed by atoms with Crippen molar-refractivity contribution in [2.45, 2.75) is 25.4 Å². The van der Waals surface area contributed by atoms with Gasteiger partial charge in [-0.1, -0.05) is 62.4 Å². The Morgan fingerprint density at radius 1 is 0.886 bits per heavy atom. The number of anilines is 1. The van der Waals surface area contributed by atoms with Gasteiger partial charge in [-0.2, -0.15) is 0 Å². The Morgan fingerprint density at radius 3 is 2.03 bits per heavy atom. The molecule has 4 unspecified atom stereocenters. The zero-order valence-electron chi connectivity index (χ0n) is 19.4. The largest absolute Gasteiger partial charge is 0.480 e. The number of para-hydroxylation sites is 2. The topological polar surface area (TPSA) is 95.9 Å².